The van der Waals surface area contributed by atoms with E-state index in [9.17, 15) is 5.11 Å². The van der Waals surface area contributed by atoms with E-state index in [-0.39, 0.29) is 0 Å². The Bertz CT molecular complexity index is 696. The van der Waals surface area contributed by atoms with Crippen LogP contribution in [0.5, 0.6) is 0 Å². The summed E-state index contributed by atoms with van der Waals surface area (Å²) in [6, 6.07) is 16.4. The molecule has 2 aliphatic carbocycles. The molecular formula is C17H12O. The number of aliphatic hydroxyl groups excluding tert-OH is 1. The smallest absolute Gasteiger partial charge is 0.112 e. The quantitative estimate of drug-likeness (QED) is 0.730. The van der Waals surface area contributed by atoms with E-state index in [1.165, 1.54) is 16.7 Å². The van der Waals surface area contributed by atoms with Crippen molar-refractivity contribution in [3.05, 3.63) is 82.6 Å². The van der Waals surface area contributed by atoms with Gasteiger partial charge < -0.3 is 5.11 Å². The maximum atomic E-state index is 10.5. The molecule has 0 amide bonds. The van der Waals surface area contributed by atoms with Gasteiger partial charge in [0.25, 0.3) is 0 Å². The molecule has 0 heterocycles. The molecule has 0 saturated carbocycles. The van der Waals surface area contributed by atoms with E-state index in [1.807, 2.05) is 30.3 Å². The van der Waals surface area contributed by atoms with Crippen LogP contribution in [0.15, 0.2) is 60.4 Å². The molecule has 0 aromatic heterocycles. The first-order valence-corrected chi connectivity index (χ1v) is 6.12. The molecule has 1 heteroatoms. The van der Waals surface area contributed by atoms with Gasteiger partial charge in [-0.25, -0.2) is 0 Å². The van der Waals surface area contributed by atoms with Crippen LogP contribution in [0.1, 0.15) is 22.3 Å². The minimum atomic E-state index is -0.451. The zero-order chi connectivity index (χ0) is 12.2. The monoisotopic (exact) mass is 232 g/mol. The van der Waals surface area contributed by atoms with Crippen LogP contribution in [0.4, 0.5) is 0 Å². The third kappa shape index (κ3) is 0.975. The predicted molar refractivity (Wildman–Crippen MR) is 73.3 cm³/mol. The molecule has 0 radical (unpaired) electrons. The van der Waals surface area contributed by atoms with Gasteiger partial charge >= 0.3 is 0 Å². The Hall–Kier alpha value is -2.28. The van der Waals surface area contributed by atoms with Gasteiger partial charge in [0, 0.05) is 0 Å². The molecule has 2 aromatic carbocycles. The fourth-order valence-electron chi connectivity index (χ4n) is 3.15. The lowest BCUT2D eigenvalue weighted by atomic mass is 9.77. The number of fused-ring (bicyclic) bond motifs is 4. The van der Waals surface area contributed by atoms with Crippen molar-refractivity contribution >= 4 is 12.2 Å². The molecule has 0 saturated heterocycles. The van der Waals surface area contributed by atoms with Crippen LogP contribution in [0.25, 0.3) is 12.2 Å². The second-order valence-corrected chi connectivity index (χ2v) is 4.85. The lowest BCUT2D eigenvalue weighted by Crippen LogP contribution is -2.23. The fraction of sp³-hybridized carbons (Fsp3) is 0.0588. The van der Waals surface area contributed by atoms with Crippen LogP contribution in [0.2, 0.25) is 0 Å². The molecule has 1 N–H and O–H groups in total. The molecule has 0 aliphatic heterocycles. The number of allylic oxidation sites excluding steroid dienone is 1. The summed E-state index contributed by atoms with van der Waals surface area (Å²) in [5.74, 6) is 0.421. The molecule has 1 nitrogen and oxygen atoms in total. The van der Waals surface area contributed by atoms with Gasteiger partial charge in [0.05, 0.1) is 5.41 Å². The summed E-state index contributed by atoms with van der Waals surface area (Å²) in [6.07, 6.45) is 6.08. The Balaban J connectivity index is 2.08. The van der Waals surface area contributed by atoms with Crippen LogP contribution < -0.4 is 0 Å². The van der Waals surface area contributed by atoms with Crippen molar-refractivity contribution in [1.29, 1.82) is 0 Å². The highest BCUT2D eigenvalue weighted by Gasteiger charge is 2.44. The molecule has 1 atom stereocenters. The highest BCUT2D eigenvalue weighted by atomic mass is 16.3. The number of benzene rings is 2. The van der Waals surface area contributed by atoms with E-state index in [1.54, 1.807) is 0 Å². The lowest BCUT2D eigenvalue weighted by molar-refractivity contribution is 0.363. The first-order valence-electron chi connectivity index (χ1n) is 6.12. The number of hydrogen-bond acceptors (Lipinski definition) is 1. The second kappa shape index (κ2) is 3.14. The van der Waals surface area contributed by atoms with E-state index in [2.05, 4.69) is 36.4 Å². The van der Waals surface area contributed by atoms with Gasteiger partial charge in [0.15, 0.2) is 0 Å². The SMILES string of the molecule is OC1=Cc2ccccc2C12C=Cc1ccccc12. The van der Waals surface area contributed by atoms with E-state index in [0.29, 0.717) is 5.76 Å². The Kier molecular flexibility index (Phi) is 1.69. The highest BCUT2D eigenvalue weighted by Crippen LogP contribution is 2.51. The van der Waals surface area contributed by atoms with E-state index < -0.39 is 5.41 Å². The Morgan fingerprint density at radius 3 is 2.17 bits per heavy atom. The van der Waals surface area contributed by atoms with Crippen molar-refractivity contribution in [3.63, 3.8) is 0 Å². The largest absolute Gasteiger partial charge is 0.511 e. The molecule has 0 fully saturated rings. The summed E-state index contributed by atoms with van der Waals surface area (Å²) < 4.78 is 0. The van der Waals surface area contributed by atoms with Crippen molar-refractivity contribution in [2.75, 3.05) is 0 Å². The normalized spacial score (nSPS) is 23.0. The predicted octanol–water partition coefficient (Wildman–Crippen LogP) is 3.91. The molecule has 1 unspecified atom stereocenters. The number of aliphatic hydroxyl groups is 1. The summed E-state index contributed by atoms with van der Waals surface area (Å²) in [6.45, 7) is 0. The second-order valence-electron chi connectivity index (χ2n) is 4.85. The molecule has 2 aliphatic rings. The minimum absolute atomic E-state index is 0.421. The first-order chi connectivity index (χ1) is 8.82. The van der Waals surface area contributed by atoms with Crippen LogP contribution in [0.3, 0.4) is 0 Å². The van der Waals surface area contributed by atoms with Gasteiger partial charge in [-0.1, -0.05) is 60.7 Å². The summed E-state index contributed by atoms with van der Waals surface area (Å²) in [7, 11) is 0. The van der Waals surface area contributed by atoms with Gasteiger partial charge in [-0.3, -0.25) is 0 Å². The lowest BCUT2D eigenvalue weighted by Gasteiger charge is -2.26. The summed E-state index contributed by atoms with van der Waals surface area (Å²) in [5, 5.41) is 10.5. The highest BCUT2D eigenvalue weighted by molar-refractivity contribution is 5.80. The molecule has 1 spiro atoms. The number of rotatable bonds is 0. The van der Waals surface area contributed by atoms with Gasteiger partial charge in [-0.15, -0.1) is 0 Å². The zero-order valence-corrected chi connectivity index (χ0v) is 9.80. The van der Waals surface area contributed by atoms with Crippen molar-refractivity contribution in [1.82, 2.24) is 0 Å². The molecule has 86 valence electrons. The third-order valence-electron chi connectivity index (χ3n) is 3.98. The molecule has 0 bridgehead atoms. The number of hydrogen-bond donors (Lipinski definition) is 1. The van der Waals surface area contributed by atoms with Crippen LogP contribution in [-0.4, -0.2) is 5.11 Å². The third-order valence-corrected chi connectivity index (χ3v) is 3.98. The van der Waals surface area contributed by atoms with Crippen LogP contribution in [-0.2, 0) is 5.41 Å². The Morgan fingerprint density at radius 1 is 0.778 bits per heavy atom. The average Bonchev–Trinajstić information content (AvgIpc) is 2.92. The zero-order valence-electron chi connectivity index (χ0n) is 9.80. The molecule has 2 aromatic rings. The fourth-order valence-corrected chi connectivity index (χ4v) is 3.15. The van der Waals surface area contributed by atoms with Crippen molar-refractivity contribution in [2.24, 2.45) is 0 Å². The first kappa shape index (κ1) is 9.72. The van der Waals surface area contributed by atoms with Crippen molar-refractivity contribution in [2.45, 2.75) is 5.41 Å². The van der Waals surface area contributed by atoms with Crippen LogP contribution >= 0.6 is 0 Å². The standard InChI is InChI=1S/C17H12O/c18-16-11-13-6-2-4-8-15(13)17(16)10-9-12-5-1-3-7-14(12)17/h1-11,18H. The average molecular weight is 232 g/mol. The Morgan fingerprint density at radius 2 is 1.39 bits per heavy atom. The molecule has 18 heavy (non-hydrogen) atoms. The molecule has 4 rings (SSSR count). The van der Waals surface area contributed by atoms with E-state index >= 15 is 0 Å². The summed E-state index contributed by atoms with van der Waals surface area (Å²) >= 11 is 0. The van der Waals surface area contributed by atoms with Crippen molar-refractivity contribution in [3.8, 4) is 0 Å². The molecular weight excluding hydrogens is 220 g/mol. The van der Waals surface area contributed by atoms with E-state index in [4.69, 9.17) is 0 Å². The van der Waals surface area contributed by atoms with E-state index in [0.717, 1.165) is 5.56 Å². The minimum Gasteiger partial charge on any atom is -0.511 e. The summed E-state index contributed by atoms with van der Waals surface area (Å²) in [5.41, 5.74) is 4.19. The van der Waals surface area contributed by atoms with Gasteiger partial charge in [-0.2, -0.15) is 0 Å². The Labute approximate surface area is 106 Å². The maximum Gasteiger partial charge on any atom is 0.112 e. The van der Waals surface area contributed by atoms with Gasteiger partial charge in [-0.05, 0) is 28.3 Å². The topological polar surface area (TPSA) is 20.2 Å². The maximum absolute atomic E-state index is 10.5. The summed E-state index contributed by atoms with van der Waals surface area (Å²) in [4.78, 5) is 0. The van der Waals surface area contributed by atoms with Crippen LogP contribution in [0, 0.1) is 0 Å². The van der Waals surface area contributed by atoms with Crippen molar-refractivity contribution < 1.29 is 5.11 Å². The van der Waals surface area contributed by atoms with Gasteiger partial charge in [0.1, 0.15) is 5.76 Å². The van der Waals surface area contributed by atoms with Gasteiger partial charge in [0.2, 0.25) is 0 Å².